The molecule has 0 aliphatic rings. The third-order valence-electron chi connectivity index (χ3n) is 6.71. The fourth-order valence-corrected chi connectivity index (χ4v) is 4.65. The third kappa shape index (κ3) is 22.3. The lowest BCUT2D eigenvalue weighted by Gasteiger charge is -2.39. The summed E-state index contributed by atoms with van der Waals surface area (Å²) in [4.78, 5) is 32.8. The van der Waals surface area contributed by atoms with Gasteiger partial charge in [-0.1, -0.05) is 38.3 Å². The van der Waals surface area contributed by atoms with E-state index in [0.29, 0.717) is 19.3 Å². The van der Waals surface area contributed by atoms with E-state index < -0.39 is 17.9 Å². The second-order valence-corrected chi connectivity index (χ2v) is 9.96. The van der Waals surface area contributed by atoms with Gasteiger partial charge >= 0.3 is 17.9 Å². The van der Waals surface area contributed by atoms with Gasteiger partial charge in [0.1, 0.15) is 0 Å². The van der Waals surface area contributed by atoms with Crippen molar-refractivity contribution in [1.82, 2.24) is 0 Å². The Morgan fingerprint density at radius 3 is 1.20 bits per heavy atom. The molecule has 0 aromatic rings. The normalized spacial score (nSPS) is 11.8. The predicted molar refractivity (Wildman–Crippen MR) is 141 cm³/mol. The van der Waals surface area contributed by atoms with E-state index >= 15 is 0 Å². The molecule has 0 aliphatic heterocycles. The van der Waals surface area contributed by atoms with Crippen LogP contribution < -0.4 is 0 Å². The smallest absolute Gasteiger partial charge is 0.303 e. The molecule has 0 aliphatic carbocycles. The zero-order valence-corrected chi connectivity index (χ0v) is 22.2. The van der Waals surface area contributed by atoms with Crippen molar-refractivity contribution in [2.24, 2.45) is 0 Å². The zero-order chi connectivity index (χ0) is 26.2. The van der Waals surface area contributed by atoms with Gasteiger partial charge in [-0.3, -0.25) is 14.4 Å². The van der Waals surface area contributed by atoms with E-state index in [1.165, 1.54) is 32.1 Å². The first-order chi connectivity index (χ1) is 16.8. The molecule has 0 spiro atoms. The SMILES string of the molecule is CCCCCC/C=C/CCCCC[N+](CCCCC(=O)O)(CCCCC(=O)O)CCCCC(=O)O. The largest absolute Gasteiger partial charge is 0.481 e. The number of carbonyl (C=O) groups is 3. The number of carboxylic acids is 3. The Bertz CT molecular complexity index is 535. The summed E-state index contributed by atoms with van der Waals surface area (Å²) in [5.41, 5.74) is 0. The lowest BCUT2D eigenvalue weighted by molar-refractivity contribution is -0.929. The summed E-state index contributed by atoms with van der Waals surface area (Å²) in [6.45, 7) is 5.86. The van der Waals surface area contributed by atoms with Gasteiger partial charge in [0, 0.05) is 19.3 Å². The Labute approximate surface area is 213 Å². The molecule has 0 bridgehead atoms. The van der Waals surface area contributed by atoms with E-state index in [4.69, 9.17) is 15.3 Å². The summed E-state index contributed by atoms with van der Waals surface area (Å²) in [5.74, 6) is -2.32. The van der Waals surface area contributed by atoms with Crippen molar-refractivity contribution in [3.8, 4) is 0 Å². The Morgan fingerprint density at radius 1 is 0.514 bits per heavy atom. The molecule has 0 atom stereocenters. The second kappa shape index (κ2) is 22.6. The fraction of sp³-hybridized carbons (Fsp3) is 0.821. The van der Waals surface area contributed by atoms with E-state index in [2.05, 4.69) is 19.1 Å². The third-order valence-corrected chi connectivity index (χ3v) is 6.71. The van der Waals surface area contributed by atoms with Crippen LogP contribution in [-0.2, 0) is 14.4 Å². The maximum Gasteiger partial charge on any atom is 0.303 e. The lowest BCUT2D eigenvalue weighted by atomic mass is 10.1. The van der Waals surface area contributed by atoms with Crippen molar-refractivity contribution in [3.63, 3.8) is 0 Å². The van der Waals surface area contributed by atoms with E-state index in [1.54, 1.807) is 0 Å². The molecular formula is C28H52NO6+. The lowest BCUT2D eigenvalue weighted by Crippen LogP contribution is -2.51. The topological polar surface area (TPSA) is 112 Å². The molecule has 3 N–H and O–H groups in total. The molecule has 0 amide bonds. The van der Waals surface area contributed by atoms with Crippen molar-refractivity contribution in [3.05, 3.63) is 12.2 Å². The summed E-state index contributed by atoms with van der Waals surface area (Å²) in [6.07, 6.45) is 20.3. The summed E-state index contributed by atoms with van der Waals surface area (Å²) >= 11 is 0. The molecule has 0 unspecified atom stereocenters. The van der Waals surface area contributed by atoms with E-state index in [1.807, 2.05) is 0 Å². The minimum absolute atomic E-state index is 0.169. The molecule has 35 heavy (non-hydrogen) atoms. The van der Waals surface area contributed by atoms with Gasteiger partial charge in [0.15, 0.2) is 0 Å². The summed E-state index contributed by atoms with van der Waals surface area (Å²) < 4.78 is 0.853. The van der Waals surface area contributed by atoms with Crippen LogP contribution in [0.2, 0.25) is 0 Å². The van der Waals surface area contributed by atoms with Crippen LogP contribution in [-0.4, -0.2) is 63.9 Å². The van der Waals surface area contributed by atoms with Crippen molar-refractivity contribution in [1.29, 1.82) is 0 Å². The Hall–Kier alpha value is -1.89. The predicted octanol–water partition coefficient (Wildman–Crippen LogP) is 6.65. The molecule has 0 saturated heterocycles. The van der Waals surface area contributed by atoms with E-state index in [-0.39, 0.29) is 19.3 Å². The number of unbranched alkanes of at least 4 members (excludes halogenated alkanes) is 10. The standard InChI is InChI=1S/C28H51NO6/c1-2-3-4-5-6-7-8-9-10-11-15-22-29(23-16-12-19-26(30)31,24-17-13-20-27(32)33)25-18-14-21-28(34)35/h7-8H,2-6,9-25H2,1H3,(H2-,30,31,32,33,34,35)/p+1/b8-7+. The van der Waals surface area contributed by atoms with Gasteiger partial charge in [0.25, 0.3) is 0 Å². The Kier molecular flexibility index (Phi) is 21.3. The highest BCUT2D eigenvalue weighted by Gasteiger charge is 2.26. The quantitative estimate of drug-likeness (QED) is 0.0699. The molecule has 0 heterocycles. The number of carboxylic acid groups (broad SMARTS) is 3. The first kappa shape index (κ1) is 33.1. The van der Waals surface area contributed by atoms with Gasteiger partial charge < -0.3 is 19.8 Å². The highest BCUT2D eigenvalue weighted by molar-refractivity contribution is 5.67. The van der Waals surface area contributed by atoms with Gasteiger partial charge in [-0.2, -0.15) is 0 Å². The van der Waals surface area contributed by atoms with Crippen LogP contribution in [0.4, 0.5) is 0 Å². The first-order valence-electron chi connectivity index (χ1n) is 14.0. The van der Waals surface area contributed by atoms with Crippen molar-refractivity contribution < 1.29 is 34.2 Å². The molecule has 7 nitrogen and oxygen atoms in total. The fourth-order valence-electron chi connectivity index (χ4n) is 4.65. The average Bonchev–Trinajstić information content (AvgIpc) is 2.80. The van der Waals surface area contributed by atoms with Crippen LogP contribution in [0, 0.1) is 0 Å². The molecule has 0 aromatic heterocycles. The number of allylic oxidation sites excluding steroid dienone is 2. The number of hydrogen-bond donors (Lipinski definition) is 3. The van der Waals surface area contributed by atoms with Crippen LogP contribution in [0.3, 0.4) is 0 Å². The molecular weight excluding hydrogens is 446 g/mol. The van der Waals surface area contributed by atoms with Crippen LogP contribution >= 0.6 is 0 Å². The van der Waals surface area contributed by atoms with Crippen molar-refractivity contribution in [2.75, 3.05) is 26.2 Å². The minimum atomic E-state index is -0.774. The van der Waals surface area contributed by atoms with E-state index in [0.717, 1.165) is 75.6 Å². The maximum atomic E-state index is 10.9. The Balaban J connectivity index is 4.76. The number of quaternary nitrogens is 1. The highest BCUT2D eigenvalue weighted by Crippen LogP contribution is 2.19. The summed E-state index contributed by atoms with van der Waals surface area (Å²) in [5, 5.41) is 27.0. The molecule has 0 rings (SSSR count). The molecule has 7 heteroatoms. The van der Waals surface area contributed by atoms with Gasteiger partial charge in [-0.25, -0.2) is 0 Å². The number of hydrogen-bond acceptors (Lipinski definition) is 3. The number of aliphatic carboxylic acids is 3. The number of nitrogens with zero attached hydrogens (tertiary/aromatic N) is 1. The van der Waals surface area contributed by atoms with Crippen LogP contribution in [0.1, 0.15) is 122 Å². The minimum Gasteiger partial charge on any atom is -0.481 e. The molecule has 0 radical (unpaired) electrons. The second-order valence-electron chi connectivity index (χ2n) is 9.96. The monoisotopic (exact) mass is 498 g/mol. The van der Waals surface area contributed by atoms with Crippen molar-refractivity contribution >= 4 is 17.9 Å². The van der Waals surface area contributed by atoms with Crippen LogP contribution in [0.15, 0.2) is 12.2 Å². The summed E-state index contributed by atoms with van der Waals surface area (Å²) in [7, 11) is 0. The Morgan fingerprint density at radius 2 is 0.857 bits per heavy atom. The van der Waals surface area contributed by atoms with Crippen molar-refractivity contribution in [2.45, 2.75) is 122 Å². The number of rotatable bonds is 26. The van der Waals surface area contributed by atoms with Gasteiger partial charge in [0.05, 0.1) is 26.2 Å². The highest BCUT2D eigenvalue weighted by atomic mass is 16.4. The van der Waals surface area contributed by atoms with Gasteiger partial charge in [-0.05, 0) is 77.0 Å². The average molecular weight is 499 g/mol. The molecule has 0 saturated carbocycles. The molecule has 0 fully saturated rings. The molecule has 204 valence electrons. The van der Waals surface area contributed by atoms with Crippen LogP contribution in [0.25, 0.3) is 0 Å². The van der Waals surface area contributed by atoms with Gasteiger partial charge in [-0.15, -0.1) is 0 Å². The zero-order valence-electron chi connectivity index (χ0n) is 22.2. The van der Waals surface area contributed by atoms with E-state index in [9.17, 15) is 14.4 Å². The summed E-state index contributed by atoms with van der Waals surface area (Å²) in [6, 6.07) is 0. The van der Waals surface area contributed by atoms with Crippen LogP contribution in [0.5, 0.6) is 0 Å². The molecule has 0 aromatic carbocycles. The van der Waals surface area contributed by atoms with Gasteiger partial charge in [0.2, 0.25) is 0 Å². The first-order valence-corrected chi connectivity index (χ1v) is 14.0. The maximum absolute atomic E-state index is 10.9.